The molecular weight excluding hydrogens is 415 g/mol. The van der Waals surface area contributed by atoms with Crippen LogP contribution in [0.15, 0.2) is 24.3 Å². The van der Waals surface area contributed by atoms with Crippen molar-refractivity contribution in [3.05, 3.63) is 34.9 Å². The van der Waals surface area contributed by atoms with Crippen molar-refractivity contribution in [2.24, 2.45) is 11.8 Å². The smallest absolute Gasteiger partial charge is 0.0731 e. The SMILES string of the molecule is Cl.Cl.OC1(C(CN2CCNCC2)c2cccc(Cl)c2)CCC2CCCCC2C1. The summed E-state index contributed by atoms with van der Waals surface area (Å²) in [6.07, 6.45) is 8.52. The lowest BCUT2D eigenvalue weighted by Gasteiger charge is -2.48. The fourth-order valence-electron chi connectivity index (χ4n) is 5.70. The average molecular weight is 450 g/mol. The average Bonchev–Trinajstić information content (AvgIpc) is 2.67. The van der Waals surface area contributed by atoms with Crippen molar-refractivity contribution < 1.29 is 5.11 Å². The first kappa shape index (κ1) is 24.2. The number of nitrogens with one attached hydrogen (secondary N) is 1. The number of fused-ring (bicyclic) bond motifs is 1. The number of aliphatic hydroxyl groups is 1. The molecule has 3 aliphatic rings. The lowest BCUT2D eigenvalue weighted by Crippen LogP contribution is -2.51. The Bertz CT molecular complexity index is 611. The van der Waals surface area contributed by atoms with Crippen molar-refractivity contribution in [3.63, 3.8) is 0 Å². The minimum atomic E-state index is -0.589. The summed E-state index contributed by atoms with van der Waals surface area (Å²) in [5, 5.41) is 16.1. The molecule has 1 aromatic rings. The maximum Gasteiger partial charge on any atom is 0.0731 e. The Morgan fingerprint density at radius 3 is 2.54 bits per heavy atom. The minimum Gasteiger partial charge on any atom is -0.389 e. The zero-order chi connectivity index (χ0) is 18.0. The first-order chi connectivity index (χ1) is 12.6. The lowest BCUT2D eigenvalue weighted by molar-refractivity contribution is -0.0711. The van der Waals surface area contributed by atoms with Gasteiger partial charge >= 0.3 is 0 Å². The molecule has 1 aromatic carbocycles. The normalized spacial score (nSPS) is 31.8. The topological polar surface area (TPSA) is 35.5 Å². The lowest BCUT2D eigenvalue weighted by atomic mass is 9.61. The molecule has 2 N–H and O–H groups in total. The Balaban J connectivity index is 0.00000140. The quantitative estimate of drug-likeness (QED) is 0.686. The summed E-state index contributed by atoms with van der Waals surface area (Å²) in [7, 11) is 0. The molecule has 4 atom stereocenters. The molecule has 0 amide bonds. The van der Waals surface area contributed by atoms with E-state index < -0.39 is 5.60 Å². The molecule has 1 heterocycles. The summed E-state index contributed by atoms with van der Waals surface area (Å²) in [4.78, 5) is 2.52. The van der Waals surface area contributed by atoms with E-state index in [0.717, 1.165) is 56.5 Å². The van der Waals surface area contributed by atoms with Gasteiger partial charge in [-0.05, 0) is 48.8 Å². The monoisotopic (exact) mass is 448 g/mol. The highest BCUT2D eigenvalue weighted by atomic mass is 35.5. The summed E-state index contributed by atoms with van der Waals surface area (Å²) < 4.78 is 0. The fraction of sp³-hybridized carbons (Fsp3) is 0.727. The highest BCUT2D eigenvalue weighted by molar-refractivity contribution is 6.30. The van der Waals surface area contributed by atoms with E-state index in [0.29, 0.717) is 5.92 Å². The van der Waals surface area contributed by atoms with Gasteiger partial charge in [-0.2, -0.15) is 0 Å². The predicted octanol–water partition coefficient (Wildman–Crippen LogP) is 4.89. The maximum absolute atomic E-state index is 11.9. The van der Waals surface area contributed by atoms with Gasteiger partial charge in [0.15, 0.2) is 0 Å². The van der Waals surface area contributed by atoms with Crippen LogP contribution in [0.1, 0.15) is 56.4 Å². The molecule has 2 aliphatic carbocycles. The van der Waals surface area contributed by atoms with Gasteiger partial charge in [0, 0.05) is 43.7 Å². The molecule has 3 nitrogen and oxygen atoms in total. The van der Waals surface area contributed by atoms with Crippen LogP contribution in [-0.2, 0) is 0 Å². The van der Waals surface area contributed by atoms with Crippen molar-refractivity contribution in [3.8, 4) is 0 Å². The Morgan fingerprint density at radius 2 is 1.82 bits per heavy atom. The van der Waals surface area contributed by atoms with E-state index in [1.165, 1.54) is 37.7 Å². The second kappa shape index (κ2) is 10.8. The Morgan fingerprint density at radius 1 is 1.11 bits per heavy atom. The van der Waals surface area contributed by atoms with Crippen LogP contribution in [0.4, 0.5) is 0 Å². The molecule has 4 unspecified atom stereocenters. The van der Waals surface area contributed by atoms with E-state index in [9.17, 15) is 5.11 Å². The molecular formula is C22H35Cl3N2O. The van der Waals surface area contributed by atoms with Crippen LogP contribution in [0.5, 0.6) is 0 Å². The number of benzene rings is 1. The minimum absolute atomic E-state index is 0. The summed E-state index contributed by atoms with van der Waals surface area (Å²) in [6.45, 7) is 5.17. The van der Waals surface area contributed by atoms with Gasteiger partial charge in [-0.3, -0.25) is 0 Å². The summed E-state index contributed by atoms with van der Waals surface area (Å²) in [5.74, 6) is 1.72. The summed E-state index contributed by atoms with van der Waals surface area (Å²) in [6, 6.07) is 8.23. The van der Waals surface area contributed by atoms with E-state index in [2.05, 4.69) is 22.3 Å². The van der Waals surface area contributed by atoms with Gasteiger partial charge in [-0.1, -0.05) is 49.4 Å². The molecule has 2 saturated carbocycles. The largest absolute Gasteiger partial charge is 0.389 e. The van der Waals surface area contributed by atoms with Crippen LogP contribution < -0.4 is 5.32 Å². The number of hydrogen-bond donors (Lipinski definition) is 2. The third-order valence-electron chi connectivity index (χ3n) is 7.18. The van der Waals surface area contributed by atoms with Gasteiger partial charge in [0.1, 0.15) is 0 Å². The van der Waals surface area contributed by atoms with Crippen LogP contribution in [0.3, 0.4) is 0 Å². The van der Waals surface area contributed by atoms with Crippen molar-refractivity contribution >= 4 is 36.4 Å². The number of hydrogen-bond acceptors (Lipinski definition) is 3. The number of piperazine rings is 1. The van der Waals surface area contributed by atoms with Crippen LogP contribution >= 0.6 is 36.4 Å². The number of rotatable bonds is 4. The van der Waals surface area contributed by atoms with Crippen molar-refractivity contribution in [1.82, 2.24) is 10.2 Å². The van der Waals surface area contributed by atoms with Gasteiger partial charge in [-0.15, -0.1) is 24.8 Å². The summed E-state index contributed by atoms with van der Waals surface area (Å²) in [5.41, 5.74) is 0.626. The maximum atomic E-state index is 11.9. The van der Waals surface area contributed by atoms with E-state index in [1.54, 1.807) is 0 Å². The van der Waals surface area contributed by atoms with E-state index >= 15 is 0 Å². The zero-order valence-electron chi connectivity index (χ0n) is 16.6. The van der Waals surface area contributed by atoms with Crippen LogP contribution in [0.25, 0.3) is 0 Å². The van der Waals surface area contributed by atoms with E-state index in [1.807, 2.05) is 12.1 Å². The standard InChI is InChI=1S/C22H33ClN2O.2ClH/c23-20-7-3-6-18(14-20)21(16-25-12-10-24-11-13-25)22(26)9-8-17-4-1-2-5-19(17)15-22;;/h3,6-7,14,17,19,21,24,26H,1-2,4-5,8-13,15-16H2;2*1H. The second-order valence-corrected chi connectivity index (χ2v) is 9.25. The number of halogens is 3. The highest BCUT2D eigenvalue weighted by Gasteiger charge is 2.46. The van der Waals surface area contributed by atoms with Gasteiger partial charge in [0.05, 0.1) is 5.60 Å². The summed E-state index contributed by atoms with van der Waals surface area (Å²) >= 11 is 6.32. The highest BCUT2D eigenvalue weighted by Crippen LogP contribution is 2.49. The number of nitrogens with zero attached hydrogens (tertiary/aromatic N) is 1. The van der Waals surface area contributed by atoms with Gasteiger partial charge < -0.3 is 15.3 Å². The Kier molecular flexibility index (Phi) is 9.38. The van der Waals surface area contributed by atoms with Crippen molar-refractivity contribution in [2.45, 2.75) is 56.5 Å². The van der Waals surface area contributed by atoms with Gasteiger partial charge in [-0.25, -0.2) is 0 Å². The molecule has 6 heteroatoms. The molecule has 1 saturated heterocycles. The van der Waals surface area contributed by atoms with Crippen molar-refractivity contribution in [2.75, 3.05) is 32.7 Å². The second-order valence-electron chi connectivity index (χ2n) is 8.81. The van der Waals surface area contributed by atoms with Crippen LogP contribution in [-0.4, -0.2) is 48.3 Å². The van der Waals surface area contributed by atoms with Crippen LogP contribution in [0.2, 0.25) is 5.02 Å². The predicted molar refractivity (Wildman–Crippen MR) is 122 cm³/mol. The van der Waals surface area contributed by atoms with Gasteiger partial charge in [0.2, 0.25) is 0 Å². The third kappa shape index (κ3) is 5.56. The van der Waals surface area contributed by atoms with E-state index in [4.69, 9.17) is 11.6 Å². The molecule has 0 radical (unpaired) electrons. The molecule has 3 fully saturated rings. The first-order valence-corrected chi connectivity index (χ1v) is 10.9. The third-order valence-corrected chi connectivity index (χ3v) is 7.42. The molecule has 160 valence electrons. The first-order valence-electron chi connectivity index (χ1n) is 10.5. The molecule has 1 aliphatic heterocycles. The molecule has 4 rings (SSSR count). The van der Waals surface area contributed by atoms with Crippen LogP contribution in [0, 0.1) is 11.8 Å². The Hall–Kier alpha value is -0.0300. The molecule has 0 spiro atoms. The van der Waals surface area contributed by atoms with E-state index in [-0.39, 0.29) is 30.7 Å². The van der Waals surface area contributed by atoms with Gasteiger partial charge in [0.25, 0.3) is 0 Å². The Labute approximate surface area is 187 Å². The van der Waals surface area contributed by atoms with Crippen molar-refractivity contribution in [1.29, 1.82) is 0 Å². The fourth-order valence-corrected chi connectivity index (χ4v) is 5.90. The zero-order valence-corrected chi connectivity index (χ0v) is 19.0. The molecule has 28 heavy (non-hydrogen) atoms. The molecule has 0 aromatic heterocycles. The molecule has 0 bridgehead atoms.